The maximum atomic E-state index is 12.3. The third-order valence-electron chi connectivity index (χ3n) is 4.69. The Hall–Kier alpha value is -3.03. The maximum absolute atomic E-state index is 12.3. The van der Waals surface area contributed by atoms with E-state index in [9.17, 15) is 20.1 Å². The number of nitriles is 2. The van der Waals surface area contributed by atoms with Crippen molar-refractivity contribution in [2.24, 2.45) is 11.3 Å². The smallest absolute Gasteiger partial charge is 0.336 e. The molecule has 2 heterocycles. The summed E-state index contributed by atoms with van der Waals surface area (Å²) in [6.45, 7) is 5.35. The average molecular weight is 379 g/mol. The first-order valence-corrected chi connectivity index (χ1v) is 9.28. The molecule has 1 atom stereocenters. The van der Waals surface area contributed by atoms with Crippen LogP contribution in [0.15, 0.2) is 44.1 Å². The van der Waals surface area contributed by atoms with Gasteiger partial charge in [-0.25, -0.2) is 4.79 Å². The highest BCUT2D eigenvalue weighted by Gasteiger charge is 2.44. The Balaban J connectivity index is 2.00. The molecular formula is C20H17N3O3S. The lowest BCUT2D eigenvalue weighted by molar-refractivity contribution is -0.125. The fraction of sp³-hybridized carbons (Fsp3) is 0.300. The van der Waals surface area contributed by atoms with Gasteiger partial charge in [-0.15, -0.1) is 11.8 Å². The lowest BCUT2D eigenvalue weighted by Gasteiger charge is -2.34. The van der Waals surface area contributed by atoms with E-state index in [0.717, 1.165) is 16.5 Å². The number of fused-ring (bicyclic) bond motifs is 1. The zero-order chi connectivity index (χ0) is 19.8. The molecule has 3 rings (SSSR count). The standard InChI is InChI=1S/C20H17N3O3S/c1-11-4-5-13-12(7-17(24)26-16(13)6-11)10-27-19-15(9-22)20(2,3)14(8-21)18(25)23-19/h4-7,14H,10H2,1-3H3,(H,23,25)/t14-/m0/s1. The molecular weight excluding hydrogens is 362 g/mol. The predicted octanol–water partition coefficient (Wildman–Crippen LogP) is 3.37. The Morgan fingerprint density at radius 1 is 1.26 bits per heavy atom. The quantitative estimate of drug-likeness (QED) is 0.820. The third-order valence-corrected chi connectivity index (χ3v) is 5.74. The Bertz CT molecular complexity index is 1120. The van der Waals surface area contributed by atoms with Gasteiger partial charge in [0.25, 0.3) is 0 Å². The molecule has 136 valence electrons. The molecule has 0 spiro atoms. The second-order valence-electron chi connectivity index (χ2n) is 6.97. The lowest BCUT2D eigenvalue weighted by Crippen LogP contribution is -2.44. The number of thioether (sulfide) groups is 1. The van der Waals surface area contributed by atoms with Crippen LogP contribution in [0.5, 0.6) is 0 Å². The zero-order valence-electron chi connectivity index (χ0n) is 15.1. The molecule has 1 aromatic carbocycles. The van der Waals surface area contributed by atoms with Gasteiger partial charge in [0.05, 0.1) is 22.7 Å². The monoisotopic (exact) mass is 379 g/mol. The summed E-state index contributed by atoms with van der Waals surface area (Å²) < 4.78 is 5.26. The van der Waals surface area contributed by atoms with Gasteiger partial charge in [-0.3, -0.25) is 4.79 Å². The number of benzene rings is 1. The molecule has 0 aliphatic carbocycles. The van der Waals surface area contributed by atoms with E-state index in [-0.39, 0.29) is 0 Å². The first-order valence-electron chi connectivity index (χ1n) is 8.29. The summed E-state index contributed by atoms with van der Waals surface area (Å²) in [5.41, 5.74) is 1.27. The van der Waals surface area contributed by atoms with Crippen molar-refractivity contribution < 1.29 is 9.21 Å². The summed E-state index contributed by atoms with van der Waals surface area (Å²) in [6, 6.07) is 11.2. The molecule has 6 nitrogen and oxygen atoms in total. The molecule has 2 aromatic rings. The van der Waals surface area contributed by atoms with Crippen LogP contribution in [-0.2, 0) is 10.5 Å². The summed E-state index contributed by atoms with van der Waals surface area (Å²) in [5.74, 6) is -0.972. The van der Waals surface area contributed by atoms with Crippen molar-refractivity contribution in [2.75, 3.05) is 0 Å². The molecule has 1 aromatic heterocycles. The SMILES string of the molecule is Cc1ccc2c(CSC3=C(C#N)C(C)(C)[C@@H](C#N)C(=O)N3)cc(=O)oc2c1. The van der Waals surface area contributed by atoms with Gasteiger partial charge in [-0.05, 0) is 24.1 Å². The minimum Gasteiger partial charge on any atom is -0.423 e. The van der Waals surface area contributed by atoms with Crippen LogP contribution in [0.25, 0.3) is 11.0 Å². The van der Waals surface area contributed by atoms with Gasteiger partial charge in [-0.2, -0.15) is 10.5 Å². The van der Waals surface area contributed by atoms with Crippen LogP contribution in [0.4, 0.5) is 0 Å². The van der Waals surface area contributed by atoms with Gasteiger partial charge in [0, 0.05) is 22.6 Å². The number of carbonyl (C=O) groups excluding carboxylic acids is 1. The zero-order valence-corrected chi connectivity index (χ0v) is 15.9. The van der Waals surface area contributed by atoms with Crippen molar-refractivity contribution in [1.82, 2.24) is 5.32 Å². The number of hydrogen-bond donors (Lipinski definition) is 1. The van der Waals surface area contributed by atoms with Crippen molar-refractivity contribution in [1.29, 1.82) is 10.5 Å². The predicted molar refractivity (Wildman–Crippen MR) is 102 cm³/mol. The molecule has 0 saturated carbocycles. The number of allylic oxidation sites excluding steroid dienone is 1. The lowest BCUT2D eigenvalue weighted by atomic mass is 9.72. The number of nitrogens with one attached hydrogen (secondary N) is 1. The van der Waals surface area contributed by atoms with Gasteiger partial charge < -0.3 is 9.73 Å². The highest BCUT2D eigenvalue weighted by atomic mass is 32.2. The maximum Gasteiger partial charge on any atom is 0.336 e. The van der Waals surface area contributed by atoms with Crippen molar-refractivity contribution in [3.63, 3.8) is 0 Å². The van der Waals surface area contributed by atoms with Crippen LogP contribution in [0, 0.1) is 40.9 Å². The number of carbonyl (C=O) groups is 1. The minimum atomic E-state index is -0.927. The van der Waals surface area contributed by atoms with Gasteiger partial charge >= 0.3 is 5.63 Å². The number of aryl methyl sites for hydroxylation is 1. The number of nitrogens with zero attached hydrogens (tertiary/aromatic N) is 2. The van der Waals surface area contributed by atoms with E-state index in [2.05, 4.69) is 11.4 Å². The van der Waals surface area contributed by atoms with E-state index in [1.807, 2.05) is 25.1 Å². The number of amides is 1. The first-order chi connectivity index (χ1) is 12.8. The second kappa shape index (κ2) is 6.94. The van der Waals surface area contributed by atoms with Crippen LogP contribution < -0.4 is 10.9 Å². The molecule has 0 radical (unpaired) electrons. The first kappa shape index (κ1) is 18.8. The fourth-order valence-electron chi connectivity index (χ4n) is 3.14. The molecule has 1 N–H and O–H groups in total. The van der Waals surface area contributed by atoms with E-state index in [1.54, 1.807) is 19.9 Å². The van der Waals surface area contributed by atoms with Gasteiger partial charge in [0.15, 0.2) is 0 Å². The van der Waals surface area contributed by atoms with Crippen molar-refractivity contribution in [2.45, 2.75) is 26.5 Å². The van der Waals surface area contributed by atoms with E-state index in [1.165, 1.54) is 17.8 Å². The molecule has 1 amide bonds. The fourth-order valence-corrected chi connectivity index (χ4v) is 4.31. The normalized spacial score (nSPS) is 18.7. The van der Waals surface area contributed by atoms with Crippen LogP contribution in [-0.4, -0.2) is 5.91 Å². The molecule has 7 heteroatoms. The Morgan fingerprint density at radius 3 is 2.67 bits per heavy atom. The summed E-state index contributed by atoms with van der Waals surface area (Å²) in [5, 5.41) is 22.8. The number of hydrogen-bond acceptors (Lipinski definition) is 6. The summed E-state index contributed by atoms with van der Waals surface area (Å²) in [6.07, 6.45) is 0. The van der Waals surface area contributed by atoms with Crippen LogP contribution >= 0.6 is 11.8 Å². The van der Waals surface area contributed by atoms with Crippen molar-refractivity contribution in [3.8, 4) is 12.1 Å². The van der Waals surface area contributed by atoms with Gasteiger partial charge in [-0.1, -0.05) is 26.0 Å². The van der Waals surface area contributed by atoms with E-state index in [4.69, 9.17) is 4.42 Å². The highest BCUT2D eigenvalue weighted by molar-refractivity contribution is 8.02. The van der Waals surface area contributed by atoms with Crippen LogP contribution in [0.1, 0.15) is 25.0 Å². The molecule has 1 aliphatic rings. The largest absolute Gasteiger partial charge is 0.423 e. The summed E-state index contributed by atoms with van der Waals surface area (Å²) >= 11 is 1.26. The molecule has 27 heavy (non-hydrogen) atoms. The molecule has 0 saturated heterocycles. The van der Waals surface area contributed by atoms with Crippen molar-refractivity contribution >= 4 is 28.6 Å². The third kappa shape index (κ3) is 3.34. The van der Waals surface area contributed by atoms with E-state index >= 15 is 0 Å². The van der Waals surface area contributed by atoms with E-state index < -0.39 is 22.9 Å². The Kier molecular flexibility index (Phi) is 4.82. The summed E-state index contributed by atoms with van der Waals surface area (Å²) in [7, 11) is 0. The second-order valence-corrected chi connectivity index (χ2v) is 7.95. The van der Waals surface area contributed by atoms with Crippen molar-refractivity contribution in [3.05, 3.63) is 56.4 Å². The Morgan fingerprint density at radius 2 is 2.00 bits per heavy atom. The topological polar surface area (TPSA) is 107 Å². The van der Waals surface area contributed by atoms with E-state index in [0.29, 0.717) is 21.9 Å². The van der Waals surface area contributed by atoms with Crippen LogP contribution in [0.2, 0.25) is 0 Å². The van der Waals surface area contributed by atoms with Crippen LogP contribution in [0.3, 0.4) is 0 Å². The average Bonchev–Trinajstić information content (AvgIpc) is 2.58. The molecule has 0 unspecified atom stereocenters. The minimum absolute atomic E-state index is 0.363. The van der Waals surface area contributed by atoms with Gasteiger partial charge in [0.2, 0.25) is 5.91 Å². The molecule has 0 bridgehead atoms. The summed E-state index contributed by atoms with van der Waals surface area (Å²) in [4.78, 5) is 24.2. The van der Waals surface area contributed by atoms with Gasteiger partial charge in [0.1, 0.15) is 11.5 Å². The molecule has 0 fully saturated rings. The molecule has 1 aliphatic heterocycles. The Labute approximate surface area is 160 Å². The highest BCUT2D eigenvalue weighted by Crippen LogP contribution is 2.42. The number of rotatable bonds is 3.